The average molecular weight is 378 g/mol. The summed E-state index contributed by atoms with van der Waals surface area (Å²) in [5.41, 5.74) is 1.51. The molecule has 0 saturated carbocycles. The van der Waals surface area contributed by atoms with Crippen molar-refractivity contribution in [1.29, 1.82) is 0 Å². The van der Waals surface area contributed by atoms with Gasteiger partial charge < -0.3 is 4.57 Å². The maximum absolute atomic E-state index is 12.2. The highest BCUT2D eigenvalue weighted by Gasteiger charge is 2.14. The second kappa shape index (κ2) is 7.38. The first kappa shape index (κ1) is 17.0. The molecule has 0 bridgehead atoms. The normalized spacial score (nSPS) is 10.8. The van der Waals surface area contributed by atoms with Crippen LogP contribution in [0.4, 0.5) is 0 Å². The van der Waals surface area contributed by atoms with E-state index in [2.05, 4.69) is 10.2 Å². The maximum atomic E-state index is 12.2. The Morgan fingerprint density at radius 3 is 2.54 bits per heavy atom. The number of carbonyl (C=O) groups excluding carboxylic acids is 1. The van der Waals surface area contributed by atoms with Crippen LogP contribution in [0.25, 0.3) is 11.4 Å². The van der Waals surface area contributed by atoms with E-state index in [0.29, 0.717) is 26.6 Å². The van der Waals surface area contributed by atoms with E-state index in [4.69, 9.17) is 23.2 Å². The van der Waals surface area contributed by atoms with Gasteiger partial charge in [0.25, 0.3) is 0 Å². The van der Waals surface area contributed by atoms with E-state index in [1.807, 2.05) is 35.9 Å². The fourth-order valence-corrected chi connectivity index (χ4v) is 3.29. The maximum Gasteiger partial charge on any atom is 0.191 e. The molecular weight excluding hydrogens is 365 g/mol. The van der Waals surface area contributed by atoms with E-state index in [1.165, 1.54) is 11.8 Å². The van der Waals surface area contributed by atoms with Gasteiger partial charge in [-0.25, -0.2) is 0 Å². The summed E-state index contributed by atoms with van der Waals surface area (Å²) >= 11 is 13.2. The lowest BCUT2D eigenvalue weighted by Crippen LogP contribution is -2.03. The highest BCUT2D eigenvalue weighted by Crippen LogP contribution is 2.25. The summed E-state index contributed by atoms with van der Waals surface area (Å²) in [6.45, 7) is 0. The number of benzene rings is 2. The minimum Gasteiger partial charge on any atom is -0.305 e. The van der Waals surface area contributed by atoms with Crippen molar-refractivity contribution in [2.75, 3.05) is 5.75 Å². The van der Waals surface area contributed by atoms with E-state index < -0.39 is 0 Å². The lowest BCUT2D eigenvalue weighted by Gasteiger charge is -2.04. The first-order chi connectivity index (χ1) is 11.5. The number of ketones is 1. The summed E-state index contributed by atoms with van der Waals surface area (Å²) < 4.78 is 1.85. The van der Waals surface area contributed by atoms with Crippen molar-refractivity contribution >= 4 is 40.7 Å². The molecule has 0 atom stereocenters. The van der Waals surface area contributed by atoms with Crippen LogP contribution >= 0.6 is 35.0 Å². The van der Waals surface area contributed by atoms with Crippen molar-refractivity contribution < 1.29 is 4.79 Å². The van der Waals surface area contributed by atoms with Crippen LogP contribution in [0.3, 0.4) is 0 Å². The van der Waals surface area contributed by atoms with E-state index >= 15 is 0 Å². The van der Waals surface area contributed by atoms with Crippen molar-refractivity contribution in [2.24, 2.45) is 7.05 Å². The Bertz CT molecular complexity index is 878. The van der Waals surface area contributed by atoms with Crippen molar-refractivity contribution in [1.82, 2.24) is 14.8 Å². The van der Waals surface area contributed by atoms with E-state index in [0.717, 1.165) is 5.56 Å². The second-order valence-corrected chi connectivity index (χ2v) is 6.91. The molecule has 0 spiro atoms. The first-order valence-corrected chi connectivity index (χ1v) is 8.85. The third-order valence-electron chi connectivity index (χ3n) is 3.42. The molecule has 0 N–H and O–H groups in total. The molecule has 0 aliphatic carbocycles. The lowest BCUT2D eigenvalue weighted by atomic mass is 10.1. The second-order valence-electron chi connectivity index (χ2n) is 5.09. The molecule has 1 heterocycles. The summed E-state index contributed by atoms with van der Waals surface area (Å²) in [6, 6.07) is 14.3. The van der Waals surface area contributed by atoms with Gasteiger partial charge in [-0.1, -0.05) is 47.1 Å². The quantitative estimate of drug-likeness (QED) is 0.474. The molecule has 0 aliphatic rings. The molecular formula is C17H13Cl2N3OS. The van der Waals surface area contributed by atoms with E-state index in [1.54, 1.807) is 24.3 Å². The number of hydrogen-bond donors (Lipinski definition) is 0. The smallest absolute Gasteiger partial charge is 0.191 e. The van der Waals surface area contributed by atoms with Gasteiger partial charge in [0.1, 0.15) is 0 Å². The number of thioether (sulfide) groups is 1. The highest BCUT2D eigenvalue weighted by molar-refractivity contribution is 7.99. The number of halogens is 2. The van der Waals surface area contributed by atoms with Gasteiger partial charge in [0.05, 0.1) is 5.75 Å². The summed E-state index contributed by atoms with van der Waals surface area (Å²) in [5, 5.41) is 10.3. The monoisotopic (exact) mass is 377 g/mol. The summed E-state index contributed by atoms with van der Waals surface area (Å²) in [5.74, 6) is 1.01. The Labute approximate surface area is 153 Å². The van der Waals surface area contributed by atoms with Crippen LogP contribution in [0.5, 0.6) is 0 Å². The molecule has 2 aromatic carbocycles. The molecule has 1 aromatic heterocycles. The Kier molecular flexibility index (Phi) is 5.23. The molecule has 0 aliphatic heterocycles. The molecule has 24 heavy (non-hydrogen) atoms. The number of carbonyl (C=O) groups is 1. The van der Waals surface area contributed by atoms with Crippen molar-refractivity contribution in [3.8, 4) is 11.4 Å². The molecule has 0 unspecified atom stereocenters. The van der Waals surface area contributed by atoms with Crippen LogP contribution in [0.1, 0.15) is 10.4 Å². The van der Waals surface area contributed by atoms with Crippen LogP contribution in [0.15, 0.2) is 53.7 Å². The zero-order valence-corrected chi connectivity index (χ0v) is 15.1. The molecule has 7 heteroatoms. The van der Waals surface area contributed by atoms with Gasteiger partial charge in [-0.2, -0.15) is 0 Å². The van der Waals surface area contributed by atoms with Crippen molar-refractivity contribution in [2.45, 2.75) is 5.16 Å². The molecule has 122 valence electrons. The molecule has 0 radical (unpaired) electrons. The zero-order chi connectivity index (χ0) is 17.1. The average Bonchev–Trinajstić information content (AvgIpc) is 2.94. The van der Waals surface area contributed by atoms with Gasteiger partial charge in [-0.15, -0.1) is 10.2 Å². The largest absolute Gasteiger partial charge is 0.305 e. The van der Waals surface area contributed by atoms with Crippen LogP contribution in [-0.4, -0.2) is 26.3 Å². The third kappa shape index (κ3) is 3.80. The number of aromatic nitrogens is 3. The van der Waals surface area contributed by atoms with E-state index in [-0.39, 0.29) is 11.5 Å². The van der Waals surface area contributed by atoms with Crippen LogP contribution < -0.4 is 0 Å². The van der Waals surface area contributed by atoms with Gasteiger partial charge >= 0.3 is 0 Å². The summed E-state index contributed by atoms with van der Waals surface area (Å²) in [7, 11) is 1.87. The zero-order valence-electron chi connectivity index (χ0n) is 12.7. The lowest BCUT2D eigenvalue weighted by molar-refractivity contribution is 0.102. The number of hydrogen-bond acceptors (Lipinski definition) is 4. The summed E-state index contributed by atoms with van der Waals surface area (Å²) in [6.07, 6.45) is 0. The van der Waals surface area contributed by atoms with Crippen molar-refractivity contribution in [3.63, 3.8) is 0 Å². The Morgan fingerprint density at radius 2 is 1.83 bits per heavy atom. The van der Waals surface area contributed by atoms with Crippen LogP contribution in [0, 0.1) is 0 Å². The van der Waals surface area contributed by atoms with Gasteiger partial charge in [-0.05, 0) is 36.4 Å². The molecule has 3 aromatic rings. The molecule has 0 fully saturated rings. The topological polar surface area (TPSA) is 47.8 Å². The van der Waals surface area contributed by atoms with Gasteiger partial charge in [-0.3, -0.25) is 4.79 Å². The standard InChI is InChI=1S/C17H13Cl2N3OS/c1-22-16(12-3-2-4-14(19)9-12)20-21-17(22)24-10-15(23)11-5-7-13(18)8-6-11/h2-9H,10H2,1H3. The molecule has 0 saturated heterocycles. The predicted molar refractivity (Wildman–Crippen MR) is 98.0 cm³/mol. The Balaban J connectivity index is 1.72. The van der Waals surface area contributed by atoms with Gasteiger partial charge in [0.2, 0.25) is 0 Å². The minimum absolute atomic E-state index is 0.0176. The molecule has 0 amide bonds. The van der Waals surface area contributed by atoms with Crippen LogP contribution in [0.2, 0.25) is 10.0 Å². The van der Waals surface area contributed by atoms with Crippen molar-refractivity contribution in [3.05, 3.63) is 64.1 Å². The predicted octanol–water partition coefficient (Wildman–Crippen LogP) is 4.76. The molecule has 3 rings (SSSR count). The Hall–Kier alpha value is -1.82. The fraction of sp³-hybridized carbons (Fsp3) is 0.118. The first-order valence-electron chi connectivity index (χ1n) is 7.11. The van der Waals surface area contributed by atoms with Gasteiger partial charge in [0, 0.05) is 28.2 Å². The Morgan fingerprint density at radius 1 is 1.08 bits per heavy atom. The minimum atomic E-state index is 0.0176. The SMILES string of the molecule is Cn1c(SCC(=O)c2ccc(Cl)cc2)nnc1-c1cccc(Cl)c1. The molecule has 4 nitrogen and oxygen atoms in total. The van der Waals surface area contributed by atoms with E-state index in [9.17, 15) is 4.79 Å². The number of nitrogens with zero attached hydrogens (tertiary/aromatic N) is 3. The van der Waals surface area contributed by atoms with Gasteiger partial charge in [0.15, 0.2) is 16.8 Å². The summed E-state index contributed by atoms with van der Waals surface area (Å²) in [4.78, 5) is 12.2. The fourth-order valence-electron chi connectivity index (χ4n) is 2.17. The van der Waals surface area contributed by atoms with Crippen LogP contribution in [-0.2, 0) is 7.05 Å². The highest BCUT2D eigenvalue weighted by atomic mass is 35.5. The third-order valence-corrected chi connectivity index (χ3v) is 4.92. The number of rotatable bonds is 5. The number of Topliss-reactive ketones (excluding diaryl/α,β-unsaturated/α-hetero) is 1.